The fraction of sp³-hybridized carbons (Fsp3) is 0.273. The van der Waals surface area contributed by atoms with Crippen LogP contribution in [0, 0.1) is 0 Å². The summed E-state index contributed by atoms with van der Waals surface area (Å²) in [6, 6.07) is 15.6. The summed E-state index contributed by atoms with van der Waals surface area (Å²) in [6.45, 7) is 1.23. The molecule has 2 aliphatic heterocycles. The van der Waals surface area contributed by atoms with E-state index in [1.54, 1.807) is 18.1 Å². The first-order valence-corrected chi connectivity index (χ1v) is 9.15. The largest absolute Gasteiger partial charge is 0.493 e. The molecule has 0 N–H and O–H groups in total. The van der Waals surface area contributed by atoms with Gasteiger partial charge in [0, 0.05) is 45.0 Å². The summed E-state index contributed by atoms with van der Waals surface area (Å²) in [6.07, 6.45) is 5.41. The number of benzene rings is 2. The third-order valence-electron chi connectivity index (χ3n) is 4.81. The molecular weight excluding hydrogens is 340 g/mol. The molecule has 5 heteroatoms. The molecule has 2 aliphatic rings. The minimum absolute atomic E-state index is 0.0237. The first-order valence-electron chi connectivity index (χ1n) is 9.15. The summed E-state index contributed by atoms with van der Waals surface area (Å²) >= 11 is 0. The van der Waals surface area contributed by atoms with Gasteiger partial charge in [-0.3, -0.25) is 9.79 Å². The maximum atomic E-state index is 13.0. The standard InChI is InChI=1S/C22H22N2O3/c1-26-10-5-11-27-19-8-9-20-21(13-19)23-14-18-12-17(15-24(18)22(20)25)16-6-3-2-4-7-16/h2-4,6-9,13-15,18H,5,10-12H2,1H3/t18-/m0/s1. The third-order valence-corrected chi connectivity index (χ3v) is 4.81. The van der Waals surface area contributed by atoms with Crippen molar-refractivity contribution in [3.8, 4) is 5.75 Å². The smallest absolute Gasteiger partial charge is 0.260 e. The van der Waals surface area contributed by atoms with E-state index in [2.05, 4.69) is 17.1 Å². The van der Waals surface area contributed by atoms with Crippen LogP contribution in [0.15, 0.2) is 59.7 Å². The second-order valence-electron chi connectivity index (χ2n) is 6.66. The second-order valence-corrected chi connectivity index (χ2v) is 6.66. The fourth-order valence-electron chi connectivity index (χ4n) is 3.41. The highest BCUT2D eigenvalue weighted by Crippen LogP contribution is 2.35. The Morgan fingerprint density at radius 3 is 2.81 bits per heavy atom. The van der Waals surface area contributed by atoms with Crippen LogP contribution in [0.4, 0.5) is 5.69 Å². The second kappa shape index (κ2) is 7.76. The van der Waals surface area contributed by atoms with Crippen LogP contribution < -0.4 is 4.74 Å². The number of fused-ring (bicyclic) bond motifs is 2. The Morgan fingerprint density at radius 1 is 1.15 bits per heavy atom. The number of carbonyl (C=O) groups is 1. The zero-order valence-corrected chi connectivity index (χ0v) is 15.3. The van der Waals surface area contributed by atoms with E-state index in [1.807, 2.05) is 42.7 Å². The monoisotopic (exact) mass is 362 g/mol. The molecule has 0 saturated carbocycles. The van der Waals surface area contributed by atoms with Crippen LogP contribution in [0.25, 0.3) is 5.57 Å². The topological polar surface area (TPSA) is 51.1 Å². The normalized spacial score (nSPS) is 18.0. The number of methoxy groups -OCH3 is 1. The van der Waals surface area contributed by atoms with Gasteiger partial charge in [0.05, 0.1) is 23.9 Å². The molecule has 0 unspecified atom stereocenters. The molecule has 0 fully saturated rings. The third kappa shape index (κ3) is 3.64. The van der Waals surface area contributed by atoms with Crippen molar-refractivity contribution >= 4 is 23.4 Å². The number of carbonyl (C=O) groups excluding carboxylic acids is 1. The van der Waals surface area contributed by atoms with E-state index in [4.69, 9.17) is 9.47 Å². The predicted octanol–water partition coefficient (Wildman–Crippen LogP) is 4.07. The fourth-order valence-corrected chi connectivity index (χ4v) is 3.41. The average Bonchev–Trinajstić information content (AvgIpc) is 3.09. The van der Waals surface area contributed by atoms with E-state index in [0.717, 1.165) is 29.7 Å². The number of nitrogens with zero attached hydrogens (tertiary/aromatic N) is 2. The maximum absolute atomic E-state index is 13.0. The molecule has 5 nitrogen and oxygen atoms in total. The number of rotatable bonds is 6. The van der Waals surface area contributed by atoms with Gasteiger partial charge in [-0.2, -0.15) is 0 Å². The van der Waals surface area contributed by atoms with Gasteiger partial charge in [0.2, 0.25) is 0 Å². The van der Waals surface area contributed by atoms with Crippen molar-refractivity contribution in [2.24, 2.45) is 4.99 Å². The lowest BCUT2D eigenvalue weighted by Gasteiger charge is -2.18. The van der Waals surface area contributed by atoms with E-state index in [1.165, 1.54) is 0 Å². The maximum Gasteiger partial charge on any atom is 0.260 e. The van der Waals surface area contributed by atoms with Gasteiger partial charge in [-0.05, 0) is 23.3 Å². The first kappa shape index (κ1) is 17.5. The molecule has 27 heavy (non-hydrogen) atoms. The van der Waals surface area contributed by atoms with Crippen molar-refractivity contribution in [1.29, 1.82) is 0 Å². The number of amides is 1. The zero-order valence-electron chi connectivity index (χ0n) is 15.3. The van der Waals surface area contributed by atoms with Crippen molar-refractivity contribution < 1.29 is 14.3 Å². The van der Waals surface area contributed by atoms with Crippen LogP contribution in [-0.2, 0) is 4.74 Å². The molecule has 0 aromatic heterocycles. The Hall–Kier alpha value is -2.92. The van der Waals surface area contributed by atoms with Crippen LogP contribution >= 0.6 is 0 Å². The van der Waals surface area contributed by atoms with Crippen molar-refractivity contribution in [2.45, 2.75) is 18.9 Å². The number of aliphatic imine (C=N–C) groups is 1. The molecule has 1 atom stereocenters. The molecular formula is C22H22N2O3. The highest BCUT2D eigenvalue weighted by atomic mass is 16.5. The molecule has 2 heterocycles. The molecule has 0 bridgehead atoms. The van der Waals surface area contributed by atoms with Gasteiger partial charge >= 0.3 is 0 Å². The molecule has 138 valence electrons. The zero-order chi connectivity index (χ0) is 18.6. The summed E-state index contributed by atoms with van der Waals surface area (Å²) < 4.78 is 10.8. The molecule has 0 radical (unpaired) electrons. The quantitative estimate of drug-likeness (QED) is 0.728. The Morgan fingerprint density at radius 2 is 2.00 bits per heavy atom. The highest BCUT2D eigenvalue weighted by molar-refractivity contribution is 6.05. The molecule has 4 rings (SSSR count). The van der Waals surface area contributed by atoms with Gasteiger partial charge in [-0.1, -0.05) is 30.3 Å². The number of ether oxygens (including phenoxy) is 2. The molecule has 0 saturated heterocycles. The molecule has 2 aromatic rings. The van der Waals surface area contributed by atoms with E-state index in [0.29, 0.717) is 24.5 Å². The van der Waals surface area contributed by atoms with E-state index < -0.39 is 0 Å². The summed E-state index contributed by atoms with van der Waals surface area (Å²) in [5.41, 5.74) is 3.56. The van der Waals surface area contributed by atoms with Gasteiger partial charge in [-0.25, -0.2) is 0 Å². The number of hydrogen-bond acceptors (Lipinski definition) is 4. The SMILES string of the molecule is COCCCOc1ccc2c(c1)N=C[C@@H]1CC(c3ccccc3)=CN1C2=O. The summed E-state index contributed by atoms with van der Waals surface area (Å²) in [4.78, 5) is 19.4. The Labute approximate surface area is 158 Å². The van der Waals surface area contributed by atoms with Crippen LogP contribution in [0.3, 0.4) is 0 Å². The van der Waals surface area contributed by atoms with Gasteiger partial charge in [0.25, 0.3) is 5.91 Å². The lowest BCUT2D eigenvalue weighted by molar-refractivity contribution is 0.0818. The summed E-state index contributed by atoms with van der Waals surface area (Å²) in [5.74, 6) is 0.696. The van der Waals surface area contributed by atoms with Crippen molar-refractivity contribution in [2.75, 3.05) is 20.3 Å². The van der Waals surface area contributed by atoms with Gasteiger partial charge < -0.3 is 14.4 Å². The van der Waals surface area contributed by atoms with Crippen LogP contribution in [0.2, 0.25) is 0 Å². The number of hydrogen-bond donors (Lipinski definition) is 0. The molecule has 1 amide bonds. The minimum Gasteiger partial charge on any atom is -0.493 e. The van der Waals surface area contributed by atoms with Crippen molar-refractivity contribution in [1.82, 2.24) is 4.90 Å². The van der Waals surface area contributed by atoms with E-state index in [-0.39, 0.29) is 11.9 Å². The van der Waals surface area contributed by atoms with E-state index in [9.17, 15) is 4.79 Å². The highest BCUT2D eigenvalue weighted by Gasteiger charge is 2.32. The summed E-state index contributed by atoms with van der Waals surface area (Å²) in [5, 5.41) is 0. The lowest BCUT2D eigenvalue weighted by Crippen LogP contribution is -2.32. The summed E-state index contributed by atoms with van der Waals surface area (Å²) in [7, 11) is 1.67. The Kier molecular flexibility index (Phi) is 5.03. The minimum atomic E-state index is -0.0498. The Balaban J connectivity index is 1.55. The van der Waals surface area contributed by atoms with Crippen LogP contribution in [0.1, 0.15) is 28.8 Å². The molecule has 0 spiro atoms. The van der Waals surface area contributed by atoms with Crippen molar-refractivity contribution in [3.63, 3.8) is 0 Å². The molecule has 0 aliphatic carbocycles. The van der Waals surface area contributed by atoms with Gasteiger partial charge in [-0.15, -0.1) is 0 Å². The first-order chi connectivity index (χ1) is 13.3. The van der Waals surface area contributed by atoms with Gasteiger partial charge in [0.15, 0.2) is 0 Å². The molecule has 2 aromatic carbocycles. The van der Waals surface area contributed by atoms with Gasteiger partial charge in [0.1, 0.15) is 5.75 Å². The Bertz CT molecular complexity index is 890. The lowest BCUT2D eigenvalue weighted by atomic mass is 10.0. The van der Waals surface area contributed by atoms with Crippen molar-refractivity contribution in [3.05, 3.63) is 65.9 Å². The average molecular weight is 362 g/mol. The van der Waals surface area contributed by atoms with Crippen LogP contribution in [-0.4, -0.2) is 43.4 Å². The van der Waals surface area contributed by atoms with E-state index >= 15 is 0 Å². The predicted molar refractivity (Wildman–Crippen MR) is 106 cm³/mol. The van der Waals surface area contributed by atoms with Crippen LogP contribution in [0.5, 0.6) is 5.75 Å².